The van der Waals surface area contributed by atoms with Crippen molar-refractivity contribution in [3.63, 3.8) is 0 Å². The lowest BCUT2D eigenvalue weighted by Crippen LogP contribution is -2.52. The van der Waals surface area contributed by atoms with Crippen LogP contribution in [-0.4, -0.2) is 41.6 Å². The molecule has 114 valence electrons. The molecule has 5 heteroatoms. The molecule has 2 rings (SSSR count). The van der Waals surface area contributed by atoms with Crippen molar-refractivity contribution in [1.29, 1.82) is 0 Å². The van der Waals surface area contributed by atoms with Crippen LogP contribution < -0.4 is 5.32 Å². The van der Waals surface area contributed by atoms with E-state index < -0.39 is 6.10 Å². The van der Waals surface area contributed by atoms with Crippen molar-refractivity contribution < 1.29 is 19.4 Å². The highest BCUT2D eigenvalue weighted by atomic mass is 16.5. The average Bonchev–Trinajstić information content (AvgIpc) is 2.99. The molecule has 1 saturated carbocycles. The summed E-state index contributed by atoms with van der Waals surface area (Å²) < 4.78 is 10.5. The highest BCUT2D eigenvalue weighted by Crippen LogP contribution is 2.27. The molecule has 1 aromatic heterocycles. The number of hydrogen-bond donors (Lipinski definition) is 3. The smallest absolute Gasteiger partial charge is 0.129 e. The minimum atomic E-state index is -0.574. The zero-order chi connectivity index (χ0) is 14.3. The summed E-state index contributed by atoms with van der Waals surface area (Å²) in [6, 6.07) is 3.65. The summed E-state index contributed by atoms with van der Waals surface area (Å²) >= 11 is 0. The van der Waals surface area contributed by atoms with Crippen molar-refractivity contribution in [3.05, 3.63) is 24.2 Å². The summed E-state index contributed by atoms with van der Waals surface area (Å²) in [5, 5.41) is 22.8. The van der Waals surface area contributed by atoms with Gasteiger partial charge in [-0.05, 0) is 25.0 Å². The SMILES string of the molecule is OCC1(NCC(O)COCc2ccco2)CCCCC1. The largest absolute Gasteiger partial charge is 0.467 e. The second-order valence-corrected chi connectivity index (χ2v) is 5.63. The summed E-state index contributed by atoms with van der Waals surface area (Å²) in [4.78, 5) is 0. The van der Waals surface area contributed by atoms with E-state index in [1.165, 1.54) is 6.42 Å². The van der Waals surface area contributed by atoms with E-state index in [0.29, 0.717) is 13.2 Å². The zero-order valence-electron chi connectivity index (χ0n) is 11.9. The van der Waals surface area contributed by atoms with Gasteiger partial charge in [0.1, 0.15) is 12.4 Å². The van der Waals surface area contributed by atoms with Gasteiger partial charge in [0.25, 0.3) is 0 Å². The van der Waals surface area contributed by atoms with Crippen molar-refractivity contribution >= 4 is 0 Å². The number of aliphatic hydroxyl groups is 2. The minimum Gasteiger partial charge on any atom is -0.467 e. The summed E-state index contributed by atoms with van der Waals surface area (Å²) in [6.07, 6.45) is 6.49. The van der Waals surface area contributed by atoms with Gasteiger partial charge in [-0.2, -0.15) is 0 Å². The molecule has 20 heavy (non-hydrogen) atoms. The van der Waals surface area contributed by atoms with Crippen molar-refractivity contribution in [2.45, 2.75) is 50.4 Å². The maximum absolute atomic E-state index is 9.92. The summed E-state index contributed by atoms with van der Waals surface area (Å²) in [5.41, 5.74) is -0.208. The van der Waals surface area contributed by atoms with E-state index in [4.69, 9.17) is 9.15 Å². The van der Waals surface area contributed by atoms with Gasteiger partial charge >= 0.3 is 0 Å². The van der Waals surface area contributed by atoms with Crippen LogP contribution in [0.4, 0.5) is 0 Å². The van der Waals surface area contributed by atoms with Gasteiger partial charge in [0.05, 0.1) is 25.6 Å². The minimum absolute atomic E-state index is 0.132. The third-order valence-electron chi connectivity index (χ3n) is 3.96. The van der Waals surface area contributed by atoms with Crippen molar-refractivity contribution in [3.8, 4) is 0 Å². The molecular weight excluding hydrogens is 258 g/mol. The monoisotopic (exact) mass is 283 g/mol. The Morgan fingerprint density at radius 2 is 2.15 bits per heavy atom. The quantitative estimate of drug-likeness (QED) is 0.673. The van der Waals surface area contributed by atoms with Gasteiger partial charge in [-0.25, -0.2) is 0 Å². The molecule has 0 aliphatic heterocycles. The normalized spacial score (nSPS) is 19.9. The predicted molar refractivity (Wildman–Crippen MR) is 75.3 cm³/mol. The van der Waals surface area contributed by atoms with Crippen LogP contribution in [0.15, 0.2) is 22.8 Å². The number of β-amino-alcohol motifs (C(OH)–C–C–N with tert-alkyl or cyclic N) is 1. The third-order valence-corrected chi connectivity index (χ3v) is 3.96. The molecule has 1 fully saturated rings. The number of ether oxygens (including phenoxy) is 1. The lowest BCUT2D eigenvalue weighted by Gasteiger charge is -2.37. The molecule has 1 unspecified atom stereocenters. The number of rotatable bonds is 8. The van der Waals surface area contributed by atoms with Gasteiger partial charge in [0, 0.05) is 12.1 Å². The molecule has 0 radical (unpaired) electrons. The molecule has 5 nitrogen and oxygen atoms in total. The Kier molecular flexibility index (Phi) is 6.04. The van der Waals surface area contributed by atoms with E-state index in [0.717, 1.165) is 31.4 Å². The van der Waals surface area contributed by atoms with E-state index >= 15 is 0 Å². The van der Waals surface area contributed by atoms with Crippen LogP contribution in [0.5, 0.6) is 0 Å². The fourth-order valence-corrected chi connectivity index (χ4v) is 2.70. The molecule has 1 aromatic rings. The maximum Gasteiger partial charge on any atom is 0.129 e. The Balaban J connectivity index is 1.64. The van der Waals surface area contributed by atoms with Crippen molar-refractivity contribution in [2.75, 3.05) is 19.8 Å². The van der Waals surface area contributed by atoms with Crippen molar-refractivity contribution in [1.82, 2.24) is 5.32 Å². The first kappa shape index (κ1) is 15.5. The molecule has 0 amide bonds. The summed E-state index contributed by atoms with van der Waals surface area (Å²) in [5.74, 6) is 0.754. The van der Waals surface area contributed by atoms with Gasteiger partial charge in [0.15, 0.2) is 0 Å². The maximum atomic E-state index is 9.92. The van der Waals surface area contributed by atoms with Crippen LogP contribution in [0, 0.1) is 0 Å². The fourth-order valence-electron chi connectivity index (χ4n) is 2.70. The van der Waals surface area contributed by atoms with Gasteiger partial charge in [-0.1, -0.05) is 19.3 Å². The molecule has 1 aliphatic rings. The Labute approximate surface area is 119 Å². The molecule has 0 aromatic carbocycles. The molecule has 1 heterocycles. The molecule has 0 saturated heterocycles. The third kappa shape index (κ3) is 4.59. The molecule has 0 bridgehead atoms. The van der Waals surface area contributed by atoms with Gasteiger partial charge in [-0.3, -0.25) is 0 Å². The van der Waals surface area contributed by atoms with E-state index in [9.17, 15) is 10.2 Å². The van der Waals surface area contributed by atoms with Crippen LogP contribution in [0.2, 0.25) is 0 Å². The van der Waals surface area contributed by atoms with Gasteiger partial charge in [-0.15, -0.1) is 0 Å². The topological polar surface area (TPSA) is 74.9 Å². The lowest BCUT2D eigenvalue weighted by molar-refractivity contribution is 0.0136. The van der Waals surface area contributed by atoms with Crippen LogP contribution in [0.1, 0.15) is 37.9 Å². The summed E-state index contributed by atoms with van der Waals surface area (Å²) in [7, 11) is 0. The van der Waals surface area contributed by atoms with Crippen LogP contribution >= 0.6 is 0 Å². The lowest BCUT2D eigenvalue weighted by atomic mass is 9.82. The second-order valence-electron chi connectivity index (χ2n) is 5.63. The molecule has 0 spiro atoms. The second kappa shape index (κ2) is 7.78. The first-order valence-electron chi connectivity index (χ1n) is 7.38. The number of nitrogens with one attached hydrogen (secondary N) is 1. The Morgan fingerprint density at radius 1 is 1.35 bits per heavy atom. The average molecular weight is 283 g/mol. The number of aliphatic hydroxyl groups excluding tert-OH is 2. The first-order chi connectivity index (χ1) is 9.74. The fraction of sp³-hybridized carbons (Fsp3) is 0.733. The molecule has 1 atom stereocenters. The highest BCUT2D eigenvalue weighted by Gasteiger charge is 2.31. The summed E-state index contributed by atoms with van der Waals surface area (Å²) in [6.45, 7) is 1.20. The number of hydrogen-bond acceptors (Lipinski definition) is 5. The predicted octanol–water partition coefficient (Wildman–Crippen LogP) is 1.44. The molecule has 3 N–H and O–H groups in total. The Hall–Kier alpha value is -0.880. The zero-order valence-corrected chi connectivity index (χ0v) is 11.9. The van der Waals surface area contributed by atoms with Crippen LogP contribution in [0.25, 0.3) is 0 Å². The van der Waals surface area contributed by atoms with Crippen molar-refractivity contribution in [2.24, 2.45) is 0 Å². The highest BCUT2D eigenvalue weighted by molar-refractivity contribution is 4.96. The van der Waals surface area contributed by atoms with Gasteiger partial charge < -0.3 is 24.7 Å². The van der Waals surface area contributed by atoms with E-state index in [-0.39, 0.29) is 18.8 Å². The molecular formula is C15H25NO4. The Morgan fingerprint density at radius 3 is 2.80 bits per heavy atom. The van der Waals surface area contributed by atoms with Crippen LogP contribution in [0.3, 0.4) is 0 Å². The Bertz CT molecular complexity index is 360. The number of furan rings is 1. The van der Waals surface area contributed by atoms with E-state index in [1.807, 2.05) is 12.1 Å². The standard InChI is InChI=1S/C15H25NO4/c17-12-15(6-2-1-3-7-15)16-9-13(18)10-19-11-14-5-4-8-20-14/h4-5,8,13,16-18H,1-3,6-7,9-12H2. The van der Waals surface area contributed by atoms with E-state index in [2.05, 4.69) is 5.32 Å². The first-order valence-corrected chi connectivity index (χ1v) is 7.38. The van der Waals surface area contributed by atoms with Crippen LogP contribution in [-0.2, 0) is 11.3 Å². The van der Waals surface area contributed by atoms with Gasteiger partial charge in [0.2, 0.25) is 0 Å². The van der Waals surface area contributed by atoms with E-state index in [1.54, 1.807) is 6.26 Å². The molecule has 1 aliphatic carbocycles.